The van der Waals surface area contributed by atoms with Gasteiger partial charge < -0.3 is 10.3 Å². The zero-order valence-electron chi connectivity index (χ0n) is 12.0. The smallest absolute Gasteiger partial charge is 0.243 e. The summed E-state index contributed by atoms with van der Waals surface area (Å²) in [4.78, 5) is 4.44. The summed E-state index contributed by atoms with van der Waals surface area (Å²) in [5.74, 6) is 2.61. The van der Waals surface area contributed by atoms with Crippen LogP contribution in [0.2, 0.25) is 0 Å². The molecule has 1 aliphatic rings. The second-order valence-electron chi connectivity index (χ2n) is 5.53. The van der Waals surface area contributed by atoms with E-state index in [4.69, 9.17) is 10.3 Å². The summed E-state index contributed by atoms with van der Waals surface area (Å²) < 4.78 is 5.29. The largest absolute Gasteiger partial charge is 0.338 e. The first kappa shape index (κ1) is 14.9. The molecule has 0 aliphatic heterocycles. The maximum absolute atomic E-state index is 6.10. The molecule has 0 unspecified atom stereocenters. The fraction of sp³-hybridized carbons (Fsp3) is 0.857. The number of aromatic nitrogens is 2. The fourth-order valence-corrected chi connectivity index (χ4v) is 3.55. The van der Waals surface area contributed by atoms with Gasteiger partial charge in [-0.05, 0) is 18.8 Å². The van der Waals surface area contributed by atoms with Gasteiger partial charge in [0.2, 0.25) is 5.89 Å². The Balaban J connectivity index is 1.83. The van der Waals surface area contributed by atoms with Gasteiger partial charge in [0.15, 0.2) is 5.82 Å². The number of hydrogen-bond donors (Lipinski definition) is 1. The van der Waals surface area contributed by atoms with Crippen LogP contribution in [-0.4, -0.2) is 15.4 Å². The highest BCUT2D eigenvalue weighted by atomic mass is 32.2. The van der Waals surface area contributed by atoms with E-state index in [9.17, 15) is 0 Å². The molecule has 2 rings (SSSR count). The minimum atomic E-state index is -0.133. The Morgan fingerprint density at radius 3 is 2.79 bits per heavy atom. The van der Waals surface area contributed by atoms with Gasteiger partial charge in [-0.3, -0.25) is 0 Å². The first-order valence-corrected chi connectivity index (χ1v) is 8.45. The lowest BCUT2D eigenvalue weighted by atomic mass is 10.0. The van der Waals surface area contributed by atoms with Crippen molar-refractivity contribution in [3.05, 3.63) is 11.7 Å². The molecule has 19 heavy (non-hydrogen) atoms. The van der Waals surface area contributed by atoms with Crippen molar-refractivity contribution in [1.82, 2.24) is 10.1 Å². The average Bonchev–Trinajstić information content (AvgIpc) is 2.93. The molecule has 1 aromatic heterocycles. The van der Waals surface area contributed by atoms with Gasteiger partial charge in [-0.1, -0.05) is 44.7 Å². The highest BCUT2D eigenvalue weighted by Crippen LogP contribution is 2.30. The molecule has 0 amide bonds. The van der Waals surface area contributed by atoms with Crippen LogP contribution < -0.4 is 5.73 Å². The first-order chi connectivity index (χ1) is 9.20. The molecule has 0 aromatic carbocycles. The summed E-state index contributed by atoms with van der Waals surface area (Å²) in [6, 6.07) is -0.133. The van der Waals surface area contributed by atoms with Crippen LogP contribution in [0.3, 0.4) is 0 Å². The third-order valence-corrected chi connectivity index (χ3v) is 5.39. The lowest BCUT2D eigenvalue weighted by Gasteiger charge is -2.20. The van der Waals surface area contributed by atoms with E-state index in [1.807, 2.05) is 11.8 Å². The molecule has 1 aliphatic carbocycles. The lowest BCUT2D eigenvalue weighted by Crippen LogP contribution is -2.18. The monoisotopic (exact) mass is 283 g/mol. The average molecular weight is 283 g/mol. The molecule has 0 saturated heterocycles. The van der Waals surface area contributed by atoms with E-state index in [0.717, 1.165) is 23.2 Å². The lowest BCUT2D eigenvalue weighted by molar-refractivity contribution is 0.311. The van der Waals surface area contributed by atoms with E-state index in [-0.39, 0.29) is 6.04 Å². The van der Waals surface area contributed by atoms with E-state index < -0.39 is 0 Å². The van der Waals surface area contributed by atoms with Gasteiger partial charge in [-0.25, -0.2) is 0 Å². The van der Waals surface area contributed by atoms with Gasteiger partial charge in [0.05, 0.1) is 11.8 Å². The number of thioether (sulfide) groups is 1. The molecule has 1 saturated carbocycles. The zero-order chi connectivity index (χ0) is 13.7. The van der Waals surface area contributed by atoms with Gasteiger partial charge in [-0.2, -0.15) is 16.7 Å². The molecule has 2 atom stereocenters. The number of rotatable bonds is 6. The van der Waals surface area contributed by atoms with Crippen molar-refractivity contribution in [3.63, 3.8) is 0 Å². The minimum Gasteiger partial charge on any atom is -0.338 e. The first-order valence-electron chi connectivity index (χ1n) is 7.40. The van der Waals surface area contributed by atoms with E-state index in [0.29, 0.717) is 11.8 Å². The summed E-state index contributed by atoms with van der Waals surface area (Å²) >= 11 is 1.96. The van der Waals surface area contributed by atoms with Crippen molar-refractivity contribution in [2.75, 3.05) is 0 Å². The Morgan fingerprint density at radius 1 is 1.37 bits per heavy atom. The molecule has 2 N–H and O–H groups in total. The summed E-state index contributed by atoms with van der Waals surface area (Å²) in [6.45, 7) is 4.24. The van der Waals surface area contributed by atoms with Gasteiger partial charge in [0, 0.05) is 5.25 Å². The fourth-order valence-electron chi connectivity index (χ4n) is 2.38. The van der Waals surface area contributed by atoms with Crippen molar-refractivity contribution in [2.45, 2.75) is 69.4 Å². The van der Waals surface area contributed by atoms with Crippen LogP contribution in [0.5, 0.6) is 0 Å². The van der Waals surface area contributed by atoms with E-state index in [1.54, 1.807) is 0 Å². The van der Waals surface area contributed by atoms with Crippen molar-refractivity contribution in [3.8, 4) is 0 Å². The summed E-state index contributed by atoms with van der Waals surface area (Å²) in [7, 11) is 0. The Morgan fingerprint density at radius 2 is 2.11 bits per heavy atom. The van der Waals surface area contributed by atoms with Gasteiger partial charge >= 0.3 is 0 Å². The predicted octanol–water partition coefficient (Wildman–Crippen LogP) is 3.68. The third-order valence-electron chi connectivity index (χ3n) is 4.03. The maximum Gasteiger partial charge on any atom is 0.243 e. The third kappa shape index (κ3) is 4.21. The highest BCUT2D eigenvalue weighted by molar-refractivity contribution is 7.99. The SMILES string of the molecule is CC[C@H](C)[C@H](N)c1nc(CSC2CCCCC2)no1. The van der Waals surface area contributed by atoms with E-state index in [1.165, 1.54) is 32.1 Å². The molecule has 4 nitrogen and oxygen atoms in total. The molecular formula is C14H25N3OS. The Hall–Kier alpha value is -0.550. The topological polar surface area (TPSA) is 64.9 Å². The molecule has 1 fully saturated rings. The van der Waals surface area contributed by atoms with Crippen LogP contribution in [-0.2, 0) is 5.75 Å². The molecule has 0 bridgehead atoms. The standard InChI is InChI=1S/C14H25N3OS/c1-3-10(2)13(15)14-16-12(17-18-14)9-19-11-7-5-4-6-8-11/h10-11,13H,3-9,15H2,1-2H3/t10-,13-/m0/s1. The van der Waals surface area contributed by atoms with Crippen LogP contribution in [0.4, 0.5) is 0 Å². The molecule has 5 heteroatoms. The highest BCUT2D eigenvalue weighted by Gasteiger charge is 2.21. The quantitative estimate of drug-likeness (QED) is 0.862. The number of hydrogen-bond acceptors (Lipinski definition) is 5. The second kappa shape index (κ2) is 7.29. The Labute approximate surface area is 119 Å². The molecule has 1 aromatic rings. The van der Waals surface area contributed by atoms with Crippen molar-refractivity contribution in [2.24, 2.45) is 11.7 Å². The predicted molar refractivity (Wildman–Crippen MR) is 78.8 cm³/mol. The van der Waals surface area contributed by atoms with Gasteiger partial charge in [0.25, 0.3) is 0 Å². The normalized spacial score (nSPS) is 20.4. The van der Waals surface area contributed by atoms with Crippen molar-refractivity contribution in [1.29, 1.82) is 0 Å². The number of nitrogens with zero attached hydrogens (tertiary/aromatic N) is 2. The van der Waals surface area contributed by atoms with Crippen molar-refractivity contribution < 1.29 is 4.52 Å². The molecule has 0 spiro atoms. The number of nitrogens with two attached hydrogens (primary N) is 1. The maximum atomic E-state index is 6.10. The molecule has 108 valence electrons. The van der Waals surface area contributed by atoms with Crippen LogP contribution in [0.25, 0.3) is 0 Å². The summed E-state index contributed by atoms with van der Waals surface area (Å²) in [5.41, 5.74) is 6.10. The molecule has 0 radical (unpaired) electrons. The van der Waals surface area contributed by atoms with Crippen LogP contribution in [0, 0.1) is 5.92 Å². The van der Waals surface area contributed by atoms with Crippen LogP contribution in [0.1, 0.15) is 70.1 Å². The zero-order valence-corrected chi connectivity index (χ0v) is 12.8. The van der Waals surface area contributed by atoms with Crippen molar-refractivity contribution >= 4 is 11.8 Å². The molecular weight excluding hydrogens is 258 g/mol. The van der Waals surface area contributed by atoms with Gasteiger partial charge in [-0.15, -0.1) is 0 Å². The summed E-state index contributed by atoms with van der Waals surface area (Å²) in [6.07, 6.45) is 7.83. The summed E-state index contributed by atoms with van der Waals surface area (Å²) in [5, 5.41) is 4.83. The van der Waals surface area contributed by atoms with Gasteiger partial charge in [0.1, 0.15) is 0 Å². The Kier molecular flexibility index (Phi) is 5.70. The Bertz CT molecular complexity index is 377. The van der Waals surface area contributed by atoms with Crippen LogP contribution >= 0.6 is 11.8 Å². The minimum absolute atomic E-state index is 0.133. The second-order valence-corrected chi connectivity index (χ2v) is 6.82. The van der Waals surface area contributed by atoms with Crippen LogP contribution in [0.15, 0.2) is 4.52 Å². The van der Waals surface area contributed by atoms with E-state index >= 15 is 0 Å². The molecule has 1 heterocycles. The van der Waals surface area contributed by atoms with E-state index in [2.05, 4.69) is 24.0 Å².